The molecule has 2 N–H and O–H groups in total. The molecule has 0 atom stereocenters. The summed E-state index contributed by atoms with van der Waals surface area (Å²) in [6.07, 6.45) is 7.21. The SMILES string of the molecule is Oc1ccccc1NC(=NC1CCCCC1)N1CCc2ccccc2C1. The van der Waals surface area contributed by atoms with Gasteiger partial charge in [0.15, 0.2) is 5.96 Å². The van der Waals surface area contributed by atoms with E-state index in [0.29, 0.717) is 6.04 Å². The number of benzene rings is 2. The Balaban J connectivity index is 1.60. The molecule has 0 saturated heterocycles. The van der Waals surface area contributed by atoms with E-state index in [-0.39, 0.29) is 5.75 Å². The smallest absolute Gasteiger partial charge is 0.199 e. The summed E-state index contributed by atoms with van der Waals surface area (Å²) in [6, 6.07) is 16.4. The zero-order valence-corrected chi connectivity index (χ0v) is 15.2. The van der Waals surface area contributed by atoms with Gasteiger partial charge < -0.3 is 15.3 Å². The average molecular weight is 349 g/mol. The number of para-hydroxylation sites is 2. The number of nitrogens with one attached hydrogen (secondary N) is 1. The van der Waals surface area contributed by atoms with Gasteiger partial charge in [0.1, 0.15) is 5.75 Å². The highest BCUT2D eigenvalue weighted by Crippen LogP contribution is 2.26. The summed E-state index contributed by atoms with van der Waals surface area (Å²) in [5, 5.41) is 13.6. The minimum Gasteiger partial charge on any atom is -0.506 e. The number of fused-ring (bicyclic) bond motifs is 1. The molecule has 1 heterocycles. The van der Waals surface area contributed by atoms with E-state index < -0.39 is 0 Å². The van der Waals surface area contributed by atoms with E-state index in [9.17, 15) is 5.11 Å². The van der Waals surface area contributed by atoms with Gasteiger partial charge in [-0.1, -0.05) is 55.7 Å². The van der Waals surface area contributed by atoms with Crippen LogP contribution in [0.1, 0.15) is 43.2 Å². The Bertz CT molecular complexity index is 780. The fourth-order valence-electron chi connectivity index (χ4n) is 3.95. The first-order valence-corrected chi connectivity index (χ1v) is 9.74. The van der Waals surface area contributed by atoms with Crippen LogP contribution in [-0.2, 0) is 13.0 Å². The Morgan fingerprint density at radius 3 is 2.50 bits per heavy atom. The average Bonchev–Trinajstić information content (AvgIpc) is 2.69. The first kappa shape index (κ1) is 17.0. The van der Waals surface area contributed by atoms with E-state index in [1.54, 1.807) is 6.07 Å². The second-order valence-corrected chi connectivity index (χ2v) is 7.33. The molecule has 2 aromatic carbocycles. The molecule has 136 valence electrons. The van der Waals surface area contributed by atoms with Gasteiger partial charge in [-0.25, -0.2) is 4.99 Å². The Morgan fingerprint density at radius 1 is 0.962 bits per heavy atom. The van der Waals surface area contributed by atoms with Crippen molar-refractivity contribution in [1.82, 2.24) is 4.90 Å². The lowest BCUT2D eigenvalue weighted by atomic mass is 9.96. The fourth-order valence-corrected chi connectivity index (χ4v) is 3.95. The zero-order valence-electron chi connectivity index (χ0n) is 15.2. The number of aromatic hydroxyl groups is 1. The van der Waals surface area contributed by atoms with Crippen LogP contribution in [0.15, 0.2) is 53.5 Å². The summed E-state index contributed by atoms with van der Waals surface area (Å²) in [7, 11) is 0. The van der Waals surface area contributed by atoms with Crippen LogP contribution in [-0.4, -0.2) is 28.6 Å². The number of rotatable bonds is 2. The quantitative estimate of drug-likeness (QED) is 0.475. The predicted octanol–water partition coefficient (Wildman–Crippen LogP) is 4.55. The number of aliphatic imine (C=N–C) groups is 1. The normalized spacial score (nSPS) is 18.5. The van der Waals surface area contributed by atoms with Gasteiger partial charge in [-0.05, 0) is 42.5 Å². The van der Waals surface area contributed by atoms with Gasteiger partial charge in [0.05, 0.1) is 11.7 Å². The highest BCUT2D eigenvalue weighted by molar-refractivity contribution is 5.95. The summed E-state index contributed by atoms with van der Waals surface area (Å²) >= 11 is 0. The van der Waals surface area contributed by atoms with Crippen molar-refractivity contribution in [3.63, 3.8) is 0 Å². The number of guanidine groups is 1. The van der Waals surface area contributed by atoms with E-state index in [2.05, 4.69) is 34.5 Å². The summed E-state index contributed by atoms with van der Waals surface area (Å²) in [5.74, 6) is 1.16. The van der Waals surface area contributed by atoms with E-state index in [4.69, 9.17) is 4.99 Å². The highest BCUT2D eigenvalue weighted by atomic mass is 16.3. The van der Waals surface area contributed by atoms with E-state index in [0.717, 1.165) is 44.0 Å². The Morgan fingerprint density at radius 2 is 1.69 bits per heavy atom. The number of phenols is 1. The largest absolute Gasteiger partial charge is 0.506 e. The number of hydrogen-bond donors (Lipinski definition) is 2. The van der Waals surface area contributed by atoms with Gasteiger partial charge in [0, 0.05) is 13.1 Å². The monoisotopic (exact) mass is 349 g/mol. The molecule has 2 aliphatic rings. The number of hydrogen-bond acceptors (Lipinski definition) is 2. The topological polar surface area (TPSA) is 47.9 Å². The molecule has 1 aliphatic carbocycles. The van der Waals surface area contributed by atoms with Crippen LogP contribution < -0.4 is 5.32 Å². The van der Waals surface area contributed by atoms with Gasteiger partial charge >= 0.3 is 0 Å². The molecule has 2 aromatic rings. The van der Waals surface area contributed by atoms with Crippen LogP contribution in [0.2, 0.25) is 0 Å². The first-order chi connectivity index (χ1) is 12.8. The van der Waals surface area contributed by atoms with E-state index in [1.165, 1.54) is 30.4 Å². The third-order valence-electron chi connectivity index (χ3n) is 5.46. The van der Waals surface area contributed by atoms with Crippen LogP contribution >= 0.6 is 0 Å². The Hall–Kier alpha value is -2.49. The molecule has 0 spiro atoms. The lowest BCUT2D eigenvalue weighted by Gasteiger charge is -2.33. The van der Waals surface area contributed by atoms with Crippen molar-refractivity contribution in [1.29, 1.82) is 0 Å². The summed E-state index contributed by atoms with van der Waals surface area (Å²) in [6.45, 7) is 1.81. The highest BCUT2D eigenvalue weighted by Gasteiger charge is 2.22. The third kappa shape index (κ3) is 3.85. The van der Waals surface area contributed by atoms with Crippen molar-refractivity contribution in [3.8, 4) is 5.75 Å². The standard InChI is InChI=1S/C22H27N3O/c26-21-13-7-6-12-20(21)24-22(23-19-10-2-1-3-11-19)25-15-14-17-8-4-5-9-18(17)16-25/h4-9,12-13,19,26H,1-3,10-11,14-16H2,(H,23,24). The Labute approximate surface area is 155 Å². The second-order valence-electron chi connectivity index (χ2n) is 7.33. The van der Waals surface area contributed by atoms with Crippen LogP contribution in [0.25, 0.3) is 0 Å². The molecule has 1 aliphatic heterocycles. The molecule has 0 aromatic heterocycles. The first-order valence-electron chi connectivity index (χ1n) is 9.74. The molecule has 1 fully saturated rings. The molecule has 4 rings (SSSR count). The minimum atomic E-state index is 0.265. The van der Waals surface area contributed by atoms with Crippen LogP contribution in [0.5, 0.6) is 5.75 Å². The molecular weight excluding hydrogens is 322 g/mol. The predicted molar refractivity (Wildman–Crippen MR) is 107 cm³/mol. The minimum absolute atomic E-state index is 0.265. The zero-order chi connectivity index (χ0) is 17.8. The van der Waals surface area contributed by atoms with Crippen LogP contribution in [0, 0.1) is 0 Å². The van der Waals surface area contributed by atoms with Crippen molar-refractivity contribution >= 4 is 11.6 Å². The van der Waals surface area contributed by atoms with Crippen molar-refractivity contribution in [3.05, 3.63) is 59.7 Å². The van der Waals surface area contributed by atoms with Gasteiger partial charge in [0.2, 0.25) is 0 Å². The van der Waals surface area contributed by atoms with Crippen molar-refractivity contribution in [2.75, 3.05) is 11.9 Å². The van der Waals surface area contributed by atoms with Gasteiger partial charge in [-0.3, -0.25) is 0 Å². The van der Waals surface area contributed by atoms with Gasteiger partial charge in [0.25, 0.3) is 0 Å². The molecule has 26 heavy (non-hydrogen) atoms. The summed E-state index contributed by atoms with van der Waals surface area (Å²) in [5.41, 5.74) is 3.53. The van der Waals surface area contributed by atoms with Crippen LogP contribution in [0.4, 0.5) is 5.69 Å². The number of phenolic OH excluding ortho intramolecular Hbond substituents is 1. The maximum atomic E-state index is 10.2. The number of anilines is 1. The molecule has 1 saturated carbocycles. The van der Waals surface area contributed by atoms with Gasteiger partial charge in [-0.15, -0.1) is 0 Å². The van der Waals surface area contributed by atoms with Crippen molar-refractivity contribution < 1.29 is 5.11 Å². The molecule has 4 heteroatoms. The third-order valence-corrected chi connectivity index (χ3v) is 5.46. The molecule has 0 unspecified atom stereocenters. The lowest BCUT2D eigenvalue weighted by Crippen LogP contribution is -2.41. The molecule has 0 bridgehead atoms. The lowest BCUT2D eigenvalue weighted by molar-refractivity contribution is 0.380. The summed E-state index contributed by atoms with van der Waals surface area (Å²) < 4.78 is 0. The number of nitrogens with zero attached hydrogens (tertiary/aromatic N) is 2. The van der Waals surface area contributed by atoms with Gasteiger partial charge in [-0.2, -0.15) is 0 Å². The Kier molecular flexibility index (Phi) is 5.09. The molecular formula is C22H27N3O. The fraction of sp³-hybridized carbons (Fsp3) is 0.409. The van der Waals surface area contributed by atoms with Crippen molar-refractivity contribution in [2.24, 2.45) is 4.99 Å². The molecule has 0 radical (unpaired) electrons. The molecule has 0 amide bonds. The maximum Gasteiger partial charge on any atom is 0.199 e. The van der Waals surface area contributed by atoms with Crippen LogP contribution in [0.3, 0.4) is 0 Å². The van der Waals surface area contributed by atoms with E-state index in [1.807, 2.05) is 18.2 Å². The van der Waals surface area contributed by atoms with E-state index >= 15 is 0 Å². The maximum absolute atomic E-state index is 10.2. The van der Waals surface area contributed by atoms with Crippen molar-refractivity contribution in [2.45, 2.75) is 51.1 Å². The second kappa shape index (κ2) is 7.81. The summed E-state index contributed by atoms with van der Waals surface area (Å²) in [4.78, 5) is 7.41. The molecule has 4 nitrogen and oxygen atoms in total.